The highest BCUT2D eigenvalue weighted by atomic mass is 79.9. The number of nitrogens with zero attached hydrogens (tertiary/aromatic N) is 3. The molecule has 0 aliphatic carbocycles. The molecular formula is C15H15BrN4. The Morgan fingerprint density at radius 2 is 1.90 bits per heavy atom. The smallest absolute Gasteiger partial charge is 0.180 e. The van der Waals surface area contributed by atoms with E-state index >= 15 is 0 Å². The molecule has 20 heavy (non-hydrogen) atoms. The maximum atomic E-state index is 4.59. The van der Waals surface area contributed by atoms with Crippen molar-refractivity contribution >= 4 is 32.9 Å². The molecule has 2 heterocycles. The van der Waals surface area contributed by atoms with Crippen LogP contribution in [-0.2, 0) is 0 Å². The normalized spacial score (nSPS) is 11.0. The van der Waals surface area contributed by atoms with Crippen LogP contribution in [0.2, 0.25) is 0 Å². The highest BCUT2D eigenvalue weighted by molar-refractivity contribution is 9.10. The number of aromatic amines is 1. The van der Waals surface area contributed by atoms with Crippen molar-refractivity contribution in [1.82, 2.24) is 15.0 Å². The summed E-state index contributed by atoms with van der Waals surface area (Å²) < 4.78 is 1.03. The van der Waals surface area contributed by atoms with Crippen molar-refractivity contribution in [2.45, 2.75) is 6.92 Å². The van der Waals surface area contributed by atoms with Gasteiger partial charge in [-0.3, -0.25) is 0 Å². The molecule has 0 radical (unpaired) electrons. The molecule has 0 saturated heterocycles. The number of anilines is 1. The summed E-state index contributed by atoms with van der Waals surface area (Å²) in [6, 6.07) is 10.2. The van der Waals surface area contributed by atoms with Crippen molar-refractivity contribution in [1.29, 1.82) is 0 Å². The molecule has 3 aromatic rings. The summed E-state index contributed by atoms with van der Waals surface area (Å²) in [5.41, 5.74) is 3.93. The van der Waals surface area contributed by atoms with Crippen LogP contribution in [0.1, 0.15) is 5.56 Å². The number of aryl methyl sites for hydroxylation is 1. The third-order valence-electron chi connectivity index (χ3n) is 3.17. The van der Waals surface area contributed by atoms with Gasteiger partial charge in [0, 0.05) is 24.1 Å². The maximum Gasteiger partial charge on any atom is 0.180 e. The van der Waals surface area contributed by atoms with Crippen LogP contribution in [0.5, 0.6) is 0 Å². The first-order valence-electron chi connectivity index (χ1n) is 6.35. The zero-order valence-corrected chi connectivity index (χ0v) is 13.2. The summed E-state index contributed by atoms with van der Waals surface area (Å²) in [5, 5.41) is 0. The van der Waals surface area contributed by atoms with E-state index in [4.69, 9.17) is 0 Å². The molecule has 0 amide bonds. The predicted molar refractivity (Wildman–Crippen MR) is 86.1 cm³/mol. The van der Waals surface area contributed by atoms with Crippen LogP contribution in [0.25, 0.3) is 22.6 Å². The Morgan fingerprint density at radius 1 is 1.10 bits per heavy atom. The largest absolute Gasteiger partial charge is 0.363 e. The van der Waals surface area contributed by atoms with Crippen LogP contribution in [0.3, 0.4) is 0 Å². The van der Waals surface area contributed by atoms with E-state index in [-0.39, 0.29) is 0 Å². The fourth-order valence-corrected chi connectivity index (χ4v) is 2.75. The summed E-state index contributed by atoms with van der Waals surface area (Å²) in [4.78, 5) is 14.4. The zero-order chi connectivity index (χ0) is 14.3. The third-order valence-corrected chi connectivity index (χ3v) is 3.83. The fourth-order valence-electron chi connectivity index (χ4n) is 2.07. The van der Waals surface area contributed by atoms with Crippen LogP contribution < -0.4 is 4.90 Å². The number of H-pyrrole nitrogens is 1. The quantitative estimate of drug-likeness (QED) is 0.778. The zero-order valence-electron chi connectivity index (χ0n) is 11.6. The number of halogens is 1. The molecule has 0 aliphatic heterocycles. The van der Waals surface area contributed by atoms with Gasteiger partial charge in [-0.2, -0.15) is 0 Å². The van der Waals surface area contributed by atoms with E-state index in [1.165, 1.54) is 5.56 Å². The first-order chi connectivity index (χ1) is 9.54. The summed E-state index contributed by atoms with van der Waals surface area (Å²) in [6.07, 6.45) is 0. The minimum absolute atomic E-state index is 0.735. The average Bonchev–Trinajstić information content (AvgIpc) is 2.80. The molecule has 0 bridgehead atoms. The molecule has 1 N–H and O–H groups in total. The van der Waals surface area contributed by atoms with Gasteiger partial charge in [0.1, 0.15) is 11.6 Å². The Bertz CT molecular complexity index is 777. The van der Waals surface area contributed by atoms with E-state index in [1.807, 2.05) is 31.1 Å². The monoisotopic (exact) mass is 330 g/mol. The SMILES string of the molecule is Cc1ccc(-c2nc3nc(N(C)C)ccc3[nH]2)c(Br)c1. The van der Waals surface area contributed by atoms with Gasteiger partial charge in [0.25, 0.3) is 0 Å². The molecule has 5 heteroatoms. The Balaban J connectivity index is 2.13. The molecule has 0 spiro atoms. The average molecular weight is 331 g/mol. The van der Waals surface area contributed by atoms with Crippen molar-refractivity contribution < 1.29 is 0 Å². The second-order valence-electron chi connectivity index (χ2n) is 5.00. The van der Waals surface area contributed by atoms with Gasteiger partial charge in [0.05, 0.1) is 5.52 Å². The topological polar surface area (TPSA) is 44.8 Å². The van der Waals surface area contributed by atoms with Gasteiger partial charge in [0.15, 0.2) is 5.65 Å². The molecule has 4 nitrogen and oxygen atoms in total. The number of nitrogens with one attached hydrogen (secondary N) is 1. The molecule has 102 valence electrons. The van der Waals surface area contributed by atoms with Crippen LogP contribution >= 0.6 is 15.9 Å². The van der Waals surface area contributed by atoms with Gasteiger partial charge in [-0.25, -0.2) is 9.97 Å². The Morgan fingerprint density at radius 3 is 2.60 bits per heavy atom. The summed E-state index contributed by atoms with van der Waals surface area (Å²) in [5.74, 6) is 1.73. The van der Waals surface area contributed by atoms with Gasteiger partial charge < -0.3 is 9.88 Å². The standard InChI is InChI=1S/C15H15BrN4/c1-9-4-5-10(11(16)8-9)14-17-12-6-7-13(20(2)3)18-15(12)19-14/h4-8H,1-3H3,(H,17,18,19). The van der Waals surface area contributed by atoms with Crippen molar-refractivity contribution in [3.8, 4) is 11.4 Å². The molecule has 1 aromatic carbocycles. The van der Waals surface area contributed by atoms with E-state index in [0.717, 1.165) is 32.8 Å². The predicted octanol–water partition coefficient (Wildman–Crippen LogP) is 3.76. The van der Waals surface area contributed by atoms with E-state index < -0.39 is 0 Å². The van der Waals surface area contributed by atoms with Crippen LogP contribution in [0.15, 0.2) is 34.8 Å². The number of rotatable bonds is 2. The maximum absolute atomic E-state index is 4.59. The number of hydrogen-bond acceptors (Lipinski definition) is 3. The summed E-state index contributed by atoms with van der Waals surface area (Å²) in [7, 11) is 3.94. The van der Waals surface area contributed by atoms with E-state index in [2.05, 4.69) is 56.0 Å². The summed E-state index contributed by atoms with van der Waals surface area (Å²) >= 11 is 3.59. The number of hydrogen-bond donors (Lipinski definition) is 1. The Labute approximate surface area is 126 Å². The first-order valence-corrected chi connectivity index (χ1v) is 7.14. The second-order valence-corrected chi connectivity index (χ2v) is 5.86. The number of imidazole rings is 1. The molecule has 0 fully saturated rings. The summed E-state index contributed by atoms with van der Waals surface area (Å²) in [6.45, 7) is 2.07. The highest BCUT2D eigenvalue weighted by Gasteiger charge is 2.10. The van der Waals surface area contributed by atoms with Gasteiger partial charge in [-0.15, -0.1) is 0 Å². The Hall–Kier alpha value is -1.88. The van der Waals surface area contributed by atoms with Crippen LogP contribution in [0, 0.1) is 6.92 Å². The molecule has 3 rings (SSSR count). The lowest BCUT2D eigenvalue weighted by molar-refractivity contribution is 1.08. The van der Waals surface area contributed by atoms with Crippen molar-refractivity contribution in [3.05, 3.63) is 40.4 Å². The van der Waals surface area contributed by atoms with Crippen molar-refractivity contribution in [2.24, 2.45) is 0 Å². The lowest BCUT2D eigenvalue weighted by atomic mass is 10.1. The number of fused-ring (bicyclic) bond motifs is 1. The van der Waals surface area contributed by atoms with E-state index in [1.54, 1.807) is 0 Å². The molecule has 0 unspecified atom stereocenters. The minimum Gasteiger partial charge on any atom is -0.363 e. The highest BCUT2D eigenvalue weighted by Crippen LogP contribution is 2.28. The molecule has 0 aliphatic rings. The number of aromatic nitrogens is 3. The van der Waals surface area contributed by atoms with Gasteiger partial charge in [-0.1, -0.05) is 22.0 Å². The lowest BCUT2D eigenvalue weighted by Gasteiger charge is -2.09. The fraction of sp³-hybridized carbons (Fsp3) is 0.200. The molecular weight excluding hydrogens is 316 g/mol. The van der Waals surface area contributed by atoms with Crippen molar-refractivity contribution in [2.75, 3.05) is 19.0 Å². The van der Waals surface area contributed by atoms with Crippen molar-refractivity contribution in [3.63, 3.8) is 0 Å². The van der Waals surface area contributed by atoms with E-state index in [0.29, 0.717) is 0 Å². The van der Waals surface area contributed by atoms with Crippen LogP contribution in [0.4, 0.5) is 5.82 Å². The first kappa shape index (κ1) is 13.1. The third kappa shape index (κ3) is 2.29. The van der Waals surface area contributed by atoms with Gasteiger partial charge >= 0.3 is 0 Å². The molecule has 2 aromatic heterocycles. The van der Waals surface area contributed by atoms with Crippen LogP contribution in [-0.4, -0.2) is 29.0 Å². The molecule has 0 atom stereocenters. The lowest BCUT2D eigenvalue weighted by Crippen LogP contribution is -2.10. The minimum atomic E-state index is 0.735. The van der Waals surface area contributed by atoms with Gasteiger partial charge in [0.2, 0.25) is 0 Å². The Kier molecular flexibility index (Phi) is 3.22. The number of benzene rings is 1. The van der Waals surface area contributed by atoms with Gasteiger partial charge in [-0.05, 0) is 36.8 Å². The second kappa shape index (κ2) is 4.90. The number of pyridine rings is 1. The van der Waals surface area contributed by atoms with E-state index in [9.17, 15) is 0 Å². The molecule has 0 saturated carbocycles.